The number of hydrogen-bond acceptors (Lipinski definition) is 1. The third-order valence-corrected chi connectivity index (χ3v) is 5.85. The zero-order valence-electron chi connectivity index (χ0n) is 16.5. The molecule has 1 heteroatoms. The van der Waals surface area contributed by atoms with E-state index in [1.165, 1.54) is 64.2 Å². The van der Waals surface area contributed by atoms with Crippen molar-refractivity contribution in [2.45, 2.75) is 90.6 Å². The van der Waals surface area contributed by atoms with Crippen molar-refractivity contribution in [2.75, 3.05) is 6.61 Å². The molecular weight excluding hydrogens is 304 g/mol. The van der Waals surface area contributed by atoms with Gasteiger partial charge in [0.1, 0.15) is 0 Å². The Morgan fingerprint density at radius 2 is 1.32 bits per heavy atom. The minimum Gasteiger partial charge on any atom is -0.378 e. The Balaban J connectivity index is 1.60. The second-order valence-corrected chi connectivity index (χ2v) is 7.98. The van der Waals surface area contributed by atoms with Crippen LogP contribution in [0.3, 0.4) is 0 Å². The lowest BCUT2D eigenvalue weighted by atomic mass is 9.80. The average molecular weight is 343 g/mol. The van der Waals surface area contributed by atoms with Gasteiger partial charge in [-0.15, -0.1) is 0 Å². The van der Waals surface area contributed by atoms with E-state index in [2.05, 4.69) is 50.0 Å². The maximum atomic E-state index is 5.85. The number of allylic oxidation sites excluding steroid dienone is 4. The highest BCUT2D eigenvalue weighted by atomic mass is 16.5. The fourth-order valence-corrected chi connectivity index (χ4v) is 4.27. The van der Waals surface area contributed by atoms with E-state index in [0.29, 0.717) is 12.0 Å². The van der Waals surface area contributed by atoms with Crippen LogP contribution in [-0.2, 0) is 4.74 Å². The van der Waals surface area contributed by atoms with Gasteiger partial charge in [0, 0.05) is 6.61 Å². The zero-order valence-corrected chi connectivity index (χ0v) is 16.5. The number of ether oxygens (including phenoxy) is 1. The first-order valence-corrected chi connectivity index (χ1v) is 10.8. The van der Waals surface area contributed by atoms with Crippen molar-refractivity contribution in [1.29, 1.82) is 0 Å². The van der Waals surface area contributed by atoms with Crippen molar-refractivity contribution in [3.8, 4) is 11.8 Å². The first-order valence-electron chi connectivity index (χ1n) is 10.8. The smallest absolute Gasteiger partial charge is 0.0575 e. The van der Waals surface area contributed by atoms with Gasteiger partial charge in [-0.3, -0.25) is 0 Å². The Bertz CT molecular complexity index is 448. The van der Waals surface area contributed by atoms with Crippen LogP contribution in [0, 0.1) is 29.6 Å². The molecule has 25 heavy (non-hydrogen) atoms. The van der Waals surface area contributed by atoms with E-state index in [1.54, 1.807) is 0 Å². The Morgan fingerprint density at radius 3 is 1.84 bits per heavy atom. The van der Waals surface area contributed by atoms with E-state index < -0.39 is 0 Å². The van der Waals surface area contributed by atoms with E-state index in [1.807, 2.05) is 0 Å². The summed E-state index contributed by atoms with van der Waals surface area (Å²) in [5.41, 5.74) is 0. The highest BCUT2D eigenvalue weighted by Crippen LogP contribution is 2.32. The molecule has 0 spiro atoms. The summed E-state index contributed by atoms with van der Waals surface area (Å²) in [4.78, 5) is 0. The maximum Gasteiger partial charge on any atom is 0.0575 e. The second-order valence-electron chi connectivity index (χ2n) is 7.98. The van der Waals surface area contributed by atoms with Crippen molar-refractivity contribution in [2.24, 2.45) is 17.8 Å². The lowest BCUT2D eigenvalue weighted by molar-refractivity contribution is 0.0227. The van der Waals surface area contributed by atoms with E-state index in [0.717, 1.165) is 24.9 Å². The van der Waals surface area contributed by atoms with Gasteiger partial charge in [-0.05, 0) is 87.7 Å². The van der Waals surface area contributed by atoms with Crippen molar-refractivity contribution >= 4 is 0 Å². The predicted molar refractivity (Wildman–Crippen MR) is 108 cm³/mol. The third-order valence-electron chi connectivity index (χ3n) is 5.85. The largest absolute Gasteiger partial charge is 0.378 e. The first-order chi connectivity index (χ1) is 12.3. The molecule has 2 rings (SSSR count). The molecule has 2 aliphatic carbocycles. The van der Waals surface area contributed by atoms with Gasteiger partial charge < -0.3 is 4.74 Å². The van der Waals surface area contributed by atoms with Crippen LogP contribution < -0.4 is 0 Å². The SMILES string of the molecule is CCCO[C@H]1CC[C@H](/C=C/C#C/C=C/[C@H]2CC[C@H](CCC)CC2)CC1. The zero-order chi connectivity index (χ0) is 17.7. The normalized spacial score (nSPS) is 30.5. The summed E-state index contributed by atoms with van der Waals surface area (Å²) in [7, 11) is 0. The highest BCUT2D eigenvalue weighted by Gasteiger charge is 2.19. The van der Waals surface area contributed by atoms with Crippen molar-refractivity contribution in [1.82, 2.24) is 0 Å². The van der Waals surface area contributed by atoms with E-state index in [9.17, 15) is 0 Å². The second kappa shape index (κ2) is 12.4. The molecule has 2 fully saturated rings. The molecule has 0 aliphatic heterocycles. The molecule has 0 atom stereocenters. The minimum absolute atomic E-state index is 0.506. The fourth-order valence-electron chi connectivity index (χ4n) is 4.27. The lowest BCUT2D eigenvalue weighted by Crippen LogP contribution is -2.21. The highest BCUT2D eigenvalue weighted by molar-refractivity contribution is 5.24. The van der Waals surface area contributed by atoms with Gasteiger partial charge in [0.2, 0.25) is 0 Å². The van der Waals surface area contributed by atoms with Crippen LogP contribution in [0.1, 0.15) is 84.5 Å². The summed E-state index contributed by atoms with van der Waals surface area (Å²) in [6.07, 6.45) is 23.7. The minimum atomic E-state index is 0.506. The molecule has 0 amide bonds. The van der Waals surface area contributed by atoms with Crippen LogP contribution in [-0.4, -0.2) is 12.7 Å². The Labute approximate surface area is 156 Å². The van der Waals surface area contributed by atoms with Crippen molar-refractivity contribution in [3.05, 3.63) is 24.3 Å². The van der Waals surface area contributed by atoms with Crippen LogP contribution in [0.2, 0.25) is 0 Å². The Kier molecular flexibility index (Phi) is 10.1. The quantitative estimate of drug-likeness (QED) is 0.468. The molecule has 0 aromatic heterocycles. The van der Waals surface area contributed by atoms with Gasteiger partial charge in [0.25, 0.3) is 0 Å². The van der Waals surface area contributed by atoms with Gasteiger partial charge in [0.05, 0.1) is 6.10 Å². The van der Waals surface area contributed by atoms with Gasteiger partial charge in [-0.25, -0.2) is 0 Å². The van der Waals surface area contributed by atoms with Gasteiger partial charge in [-0.2, -0.15) is 0 Å². The fraction of sp³-hybridized carbons (Fsp3) is 0.750. The molecule has 2 aliphatic rings. The van der Waals surface area contributed by atoms with Crippen molar-refractivity contribution < 1.29 is 4.74 Å². The summed E-state index contributed by atoms with van der Waals surface area (Å²) in [5, 5.41) is 0. The average Bonchev–Trinajstić information content (AvgIpc) is 2.65. The lowest BCUT2D eigenvalue weighted by Gasteiger charge is -2.26. The molecule has 0 saturated heterocycles. The molecule has 0 aromatic rings. The first kappa shape index (κ1) is 20.3. The van der Waals surface area contributed by atoms with Crippen LogP contribution in [0.25, 0.3) is 0 Å². The van der Waals surface area contributed by atoms with Crippen LogP contribution >= 0.6 is 0 Å². The molecule has 140 valence electrons. The summed E-state index contributed by atoms with van der Waals surface area (Å²) < 4.78 is 5.85. The van der Waals surface area contributed by atoms with Gasteiger partial charge in [0.15, 0.2) is 0 Å². The Hall–Kier alpha value is -1.00. The van der Waals surface area contributed by atoms with Crippen LogP contribution in [0.5, 0.6) is 0 Å². The van der Waals surface area contributed by atoms with Gasteiger partial charge >= 0.3 is 0 Å². The topological polar surface area (TPSA) is 9.23 Å². The summed E-state index contributed by atoms with van der Waals surface area (Å²) in [5.74, 6) is 8.86. The summed E-state index contributed by atoms with van der Waals surface area (Å²) in [6, 6.07) is 0. The third kappa shape index (κ3) is 8.28. The van der Waals surface area contributed by atoms with Gasteiger partial charge in [-0.1, -0.05) is 50.7 Å². The van der Waals surface area contributed by atoms with Crippen LogP contribution in [0.15, 0.2) is 24.3 Å². The predicted octanol–water partition coefficient (Wildman–Crippen LogP) is 6.69. The monoisotopic (exact) mass is 342 g/mol. The molecule has 0 unspecified atom stereocenters. The Morgan fingerprint density at radius 1 is 0.760 bits per heavy atom. The number of rotatable bonds is 7. The molecule has 0 radical (unpaired) electrons. The molecule has 2 saturated carbocycles. The standard InChI is InChI=1S/C24H38O/c1-3-9-21-12-14-22(15-13-21)10-7-5-6-8-11-23-16-18-24(19-17-23)25-20-4-2/h7-8,10-11,21-24H,3-4,9,12-20H2,1-2H3/b10-7+,11-8+/t21-,22-,23-,24-. The molecule has 0 bridgehead atoms. The van der Waals surface area contributed by atoms with E-state index in [4.69, 9.17) is 4.74 Å². The molecule has 0 heterocycles. The molecule has 1 nitrogen and oxygen atoms in total. The molecular formula is C24H38O. The van der Waals surface area contributed by atoms with Crippen molar-refractivity contribution in [3.63, 3.8) is 0 Å². The van der Waals surface area contributed by atoms with E-state index >= 15 is 0 Å². The molecule has 0 N–H and O–H groups in total. The molecule has 0 aromatic carbocycles. The van der Waals surface area contributed by atoms with E-state index in [-0.39, 0.29) is 0 Å². The summed E-state index contributed by atoms with van der Waals surface area (Å²) in [6.45, 7) is 5.41. The number of hydrogen-bond donors (Lipinski definition) is 0. The van der Waals surface area contributed by atoms with Crippen LogP contribution in [0.4, 0.5) is 0 Å². The summed E-state index contributed by atoms with van der Waals surface area (Å²) >= 11 is 0. The maximum absolute atomic E-state index is 5.85.